The Balaban J connectivity index is 1.48. The summed E-state index contributed by atoms with van der Waals surface area (Å²) in [5, 5.41) is 2.87. The molecule has 0 saturated carbocycles. The van der Waals surface area contributed by atoms with E-state index in [-0.39, 0.29) is 4.91 Å². The quantitative estimate of drug-likeness (QED) is 0.418. The molecule has 0 spiro atoms. The summed E-state index contributed by atoms with van der Waals surface area (Å²) in [7, 11) is 0. The first-order valence-electron chi connectivity index (χ1n) is 9.15. The molecule has 0 unspecified atom stereocenters. The van der Waals surface area contributed by atoms with E-state index in [1.54, 1.807) is 25.1 Å². The molecule has 1 aliphatic rings. The van der Waals surface area contributed by atoms with Crippen LogP contribution in [0, 0.1) is 6.92 Å². The fraction of sp³-hybridized carbons (Fsp3) is 0.0909. The summed E-state index contributed by atoms with van der Waals surface area (Å²) in [6.07, 6.45) is 1.61. The third-order valence-corrected chi connectivity index (χ3v) is 5.96. The van der Waals surface area contributed by atoms with Crippen molar-refractivity contribution in [3.8, 4) is 0 Å². The van der Waals surface area contributed by atoms with Crippen molar-refractivity contribution in [2.75, 3.05) is 11.9 Å². The van der Waals surface area contributed by atoms with Gasteiger partial charge in [0.05, 0.1) is 4.91 Å². The maximum absolute atomic E-state index is 12.6. The van der Waals surface area contributed by atoms with Crippen LogP contribution >= 0.6 is 27.7 Å². The lowest BCUT2D eigenvalue weighted by Crippen LogP contribution is -2.36. The van der Waals surface area contributed by atoms with Gasteiger partial charge in [-0.3, -0.25) is 19.3 Å². The molecule has 0 aliphatic carbocycles. The van der Waals surface area contributed by atoms with E-state index in [1.165, 1.54) is 12.1 Å². The fourth-order valence-corrected chi connectivity index (χ4v) is 4.39. The van der Waals surface area contributed by atoms with E-state index in [0.29, 0.717) is 11.3 Å². The second-order valence-electron chi connectivity index (χ2n) is 6.83. The highest BCUT2D eigenvalue weighted by molar-refractivity contribution is 9.10. The first kappa shape index (κ1) is 21.1. The maximum atomic E-state index is 12.6. The van der Waals surface area contributed by atoms with Crippen LogP contribution in [0.1, 0.15) is 11.1 Å². The summed E-state index contributed by atoms with van der Waals surface area (Å²) in [4.78, 5) is 50.1. The van der Waals surface area contributed by atoms with E-state index >= 15 is 0 Å². The predicted molar refractivity (Wildman–Crippen MR) is 123 cm³/mol. The van der Waals surface area contributed by atoms with Gasteiger partial charge in [-0.2, -0.15) is 0 Å². The molecule has 9 heteroatoms. The number of amides is 3. The molecule has 7 nitrogen and oxygen atoms in total. The molecule has 156 valence electrons. The predicted octanol–water partition coefficient (Wildman–Crippen LogP) is 4.54. The number of hydrogen-bond donors (Lipinski definition) is 1. The van der Waals surface area contributed by atoms with Crippen molar-refractivity contribution in [2.45, 2.75) is 6.92 Å². The number of rotatable bonds is 4. The Morgan fingerprint density at radius 1 is 1.16 bits per heavy atom. The van der Waals surface area contributed by atoms with Gasteiger partial charge >= 0.3 is 5.63 Å². The zero-order chi connectivity index (χ0) is 22.1. The van der Waals surface area contributed by atoms with Crippen LogP contribution in [0.25, 0.3) is 17.0 Å². The number of imide groups is 1. The molecule has 1 N–H and O–H groups in total. The summed E-state index contributed by atoms with van der Waals surface area (Å²) >= 11 is 4.15. The Bertz CT molecular complexity index is 1330. The Morgan fingerprint density at radius 2 is 1.97 bits per heavy atom. The maximum Gasteiger partial charge on any atom is 0.336 e. The zero-order valence-corrected chi connectivity index (χ0v) is 18.6. The summed E-state index contributed by atoms with van der Waals surface area (Å²) in [6.45, 7) is 1.37. The molecule has 0 bridgehead atoms. The molecule has 1 fully saturated rings. The van der Waals surface area contributed by atoms with Crippen LogP contribution in [0.3, 0.4) is 0 Å². The Labute approximate surface area is 189 Å². The van der Waals surface area contributed by atoms with Crippen LogP contribution in [0.2, 0.25) is 0 Å². The summed E-state index contributed by atoms with van der Waals surface area (Å²) in [5.41, 5.74) is 1.77. The molecule has 0 atom stereocenters. The molecule has 3 aromatic rings. The second-order valence-corrected chi connectivity index (χ2v) is 8.74. The Morgan fingerprint density at radius 3 is 2.74 bits per heavy atom. The van der Waals surface area contributed by atoms with Crippen molar-refractivity contribution in [3.63, 3.8) is 0 Å². The van der Waals surface area contributed by atoms with E-state index < -0.39 is 29.2 Å². The first-order valence-corrected chi connectivity index (χ1v) is 10.8. The molecule has 4 rings (SSSR count). The lowest BCUT2D eigenvalue weighted by atomic mass is 10.1. The van der Waals surface area contributed by atoms with Crippen LogP contribution in [-0.2, 0) is 9.59 Å². The lowest BCUT2D eigenvalue weighted by molar-refractivity contribution is -0.127. The van der Waals surface area contributed by atoms with E-state index in [9.17, 15) is 19.2 Å². The first-order chi connectivity index (χ1) is 14.8. The fourth-order valence-electron chi connectivity index (χ4n) is 3.13. The van der Waals surface area contributed by atoms with Crippen LogP contribution in [0.15, 0.2) is 67.1 Å². The van der Waals surface area contributed by atoms with Gasteiger partial charge in [0, 0.05) is 27.7 Å². The number of anilines is 1. The molecule has 1 aliphatic heterocycles. The summed E-state index contributed by atoms with van der Waals surface area (Å²) in [5.74, 6) is -1.06. The van der Waals surface area contributed by atoms with Crippen LogP contribution in [0.5, 0.6) is 0 Å². The largest absolute Gasteiger partial charge is 0.423 e. The molecule has 2 heterocycles. The minimum absolute atomic E-state index is 0.249. The number of hydrogen-bond acceptors (Lipinski definition) is 6. The van der Waals surface area contributed by atoms with Crippen molar-refractivity contribution >= 4 is 67.5 Å². The number of thioether (sulfide) groups is 1. The highest BCUT2D eigenvalue weighted by Crippen LogP contribution is 2.32. The average Bonchev–Trinajstić information content (AvgIpc) is 2.95. The molecular formula is C22H15BrN2O5S. The van der Waals surface area contributed by atoms with Gasteiger partial charge in [0.1, 0.15) is 12.1 Å². The van der Waals surface area contributed by atoms with Gasteiger partial charge in [-0.1, -0.05) is 28.1 Å². The smallest absolute Gasteiger partial charge is 0.336 e. The number of nitrogens with one attached hydrogen (secondary N) is 1. The molecule has 0 radical (unpaired) electrons. The van der Waals surface area contributed by atoms with Crippen LogP contribution in [-0.4, -0.2) is 28.5 Å². The lowest BCUT2D eigenvalue weighted by Gasteiger charge is -2.12. The third-order valence-electron chi connectivity index (χ3n) is 4.56. The van der Waals surface area contributed by atoms with E-state index in [0.717, 1.165) is 37.6 Å². The zero-order valence-electron chi connectivity index (χ0n) is 16.2. The highest BCUT2D eigenvalue weighted by atomic mass is 79.9. The normalized spacial score (nSPS) is 15.2. The van der Waals surface area contributed by atoms with Crippen molar-refractivity contribution in [3.05, 3.63) is 79.5 Å². The second kappa shape index (κ2) is 8.52. The number of carbonyl (C=O) groups is 3. The Kier molecular flexibility index (Phi) is 5.79. The number of nitrogens with zero attached hydrogens (tertiary/aromatic N) is 1. The van der Waals surface area contributed by atoms with Crippen molar-refractivity contribution in [1.29, 1.82) is 0 Å². The van der Waals surface area contributed by atoms with Crippen molar-refractivity contribution in [2.24, 2.45) is 0 Å². The molecular weight excluding hydrogens is 484 g/mol. The highest BCUT2D eigenvalue weighted by Gasteiger charge is 2.36. The van der Waals surface area contributed by atoms with Gasteiger partial charge in [0.2, 0.25) is 5.91 Å². The van der Waals surface area contributed by atoms with Crippen molar-refractivity contribution < 1.29 is 18.8 Å². The molecule has 1 aromatic heterocycles. The van der Waals surface area contributed by atoms with Crippen molar-refractivity contribution in [1.82, 2.24) is 4.90 Å². The van der Waals surface area contributed by atoms with Crippen LogP contribution < -0.4 is 10.9 Å². The summed E-state index contributed by atoms with van der Waals surface area (Å²) in [6, 6.07) is 13.6. The summed E-state index contributed by atoms with van der Waals surface area (Å²) < 4.78 is 6.02. The molecule has 31 heavy (non-hydrogen) atoms. The topological polar surface area (TPSA) is 96.7 Å². The molecule has 3 amide bonds. The van der Waals surface area contributed by atoms with Gasteiger partial charge in [-0.05, 0) is 60.2 Å². The van der Waals surface area contributed by atoms with Gasteiger partial charge in [0.15, 0.2) is 0 Å². The third kappa shape index (κ3) is 4.62. The number of aryl methyl sites for hydroxylation is 1. The molecule has 1 saturated heterocycles. The van der Waals surface area contributed by atoms with Gasteiger partial charge in [0.25, 0.3) is 11.1 Å². The van der Waals surface area contributed by atoms with Gasteiger partial charge < -0.3 is 9.73 Å². The SMILES string of the molecule is Cc1cc(=O)oc2cc(NC(=O)CN3C(=O)S/C(=C\c4cccc(Br)c4)C3=O)ccc12. The minimum Gasteiger partial charge on any atom is -0.423 e. The van der Waals surface area contributed by atoms with Gasteiger partial charge in [-0.15, -0.1) is 0 Å². The van der Waals surface area contributed by atoms with Crippen LogP contribution in [0.4, 0.5) is 10.5 Å². The number of benzene rings is 2. The number of fused-ring (bicyclic) bond motifs is 1. The number of halogens is 1. The average molecular weight is 499 g/mol. The Hall–Kier alpha value is -3.17. The minimum atomic E-state index is -0.541. The molecule has 2 aromatic carbocycles. The monoisotopic (exact) mass is 498 g/mol. The van der Waals surface area contributed by atoms with Gasteiger partial charge in [-0.25, -0.2) is 4.79 Å². The standard InChI is InChI=1S/C22H15BrN2O5S/c1-12-7-20(27)30-17-10-15(5-6-16(12)17)24-19(26)11-25-21(28)18(31-22(25)29)9-13-3-2-4-14(23)8-13/h2-10H,11H2,1H3,(H,24,26)/b18-9-. The van der Waals surface area contributed by atoms with E-state index in [4.69, 9.17) is 4.42 Å². The number of carbonyl (C=O) groups excluding carboxylic acids is 3. The van der Waals surface area contributed by atoms with E-state index in [1.807, 2.05) is 24.3 Å². The van der Waals surface area contributed by atoms with E-state index in [2.05, 4.69) is 21.2 Å².